The fourth-order valence-electron chi connectivity index (χ4n) is 2.48. The molecule has 2 atom stereocenters. The van der Waals surface area contributed by atoms with Crippen molar-refractivity contribution >= 4 is 48.8 Å². The van der Waals surface area contributed by atoms with Gasteiger partial charge in [0.15, 0.2) is 0 Å². The number of fused-ring (bicyclic) bond motifs is 3. The van der Waals surface area contributed by atoms with Gasteiger partial charge >= 0.3 is 0 Å². The number of thiol groups is 2. The molecule has 0 bridgehead atoms. The van der Waals surface area contributed by atoms with Gasteiger partial charge in [0.25, 0.3) is 0 Å². The summed E-state index contributed by atoms with van der Waals surface area (Å²) < 4.78 is 2.38. The molecule has 0 N–H and O–H groups in total. The topological polar surface area (TPSA) is 0 Å². The molecule has 16 heavy (non-hydrogen) atoms. The molecule has 0 fully saturated rings. The van der Waals surface area contributed by atoms with Crippen LogP contribution < -0.4 is 0 Å². The number of hydrogen-bond acceptors (Lipinski definition) is 4. The van der Waals surface area contributed by atoms with E-state index in [1.54, 1.807) is 0 Å². The highest BCUT2D eigenvalue weighted by Crippen LogP contribution is 2.65. The Labute approximate surface area is 116 Å². The zero-order chi connectivity index (χ0) is 11.6. The fraction of sp³-hybridized carbons (Fsp3) is 0.333. The standard InChI is InChI=1S/C12H12S4/c1-11-7(5-9(13)15-11)3-4-8-6-10(14)16-12(8,11)2/h3-6,13-14H,1-2H3. The van der Waals surface area contributed by atoms with Crippen LogP contribution in [0.15, 0.2) is 43.9 Å². The van der Waals surface area contributed by atoms with Gasteiger partial charge in [-0.25, -0.2) is 0 Å². The predicted molar refractivity (Wildman–Crippen MR) is 82.3 cm³/mol. The third-order valence-corrected chi connectivity index (χ3v) is 7.32. The lowest BCUT2D eigenvalue weighted by Gasteiger charge is -2.44. The second-order valence-electron chi connectivity index (χ2n) is 4.48. The van der Waals surface area contributed by atoms with Gasteiger partial charge in [-0.1, -0.05) is 12.2 Å². The Kier molecular flexibility index (Phi) is 2.46. The third-order valence-electron chi connectivity index (χ3n) is 3.63. The summed E-state index contributed by atoms with van der Waals surface area (Å²) in [5.41, 5.74) is 2.75. The van der Waals surface area contributed by atoms with Crippen molar-refractivity contribution in [1.82, 2.24) is 0 Å². The number of allylic oxidation sites excluding steroid dienone is 4. The van der Waals surface area contributed by atoms with E-state index in [9.17, 15) is 0 Å². The molecule has 2 heterocycles. The van der Waals surface area contributed by atoms with Crippen LogP contribution in [0.25, 0.3) is 0 Å². The largest absolute Gasteiger partial charge is 0.137 e. The van der Waals surface area contributed by atoms with E-state index < -0.39 is 0 Å². The second kappa shape index (κ2) is 3.44. The molecule has 0 saturated carbocycles. The summed E-state index contributed by atoms with van der Waals surface area (Å²) >= 11 is 12.7. The van der Waals surface area contributed by atoms with Crippen LogP contribution in [-0.2, 0) is 0 Å². The highest BCUT2D eigenvalue weighted by atomic mass is 32.2. The van der Waals surface area contributed by atoms with E-state index >= 15 is 0 Å². The molecule has 1 aliphatic carbocycles. The van der Waals surface area contributed by atoms with Crippen molar-refractivity contribution in [2.75, 3.05) is 0 Å². The van der Waals surface area contributed by atoms with E-state index in [1.807, 2.05) is 23.5 Å². The summed E-state index contributed by atoms with van der Waals surface area (Å²) in [6.45, 7) is 4.62. The third kappa shape index (κ3) is 1.30. The number of rotatable bonds is 0. The molecule has 84 valence electrons. The summed E-state index contributed by atoms with van der Waals surface area (Å²) in [6.07, 6.45) is 8.81. The van der Waals surface area contributed by atoms with E-state index in [2.05, 4.69) is 63.4 Å². The zero-order valence-corrected chi connectivity index (χ0v) is 12.4. The SMILES string of the molecule is CC12SC(S)=CC1=CC=C1C=C(S)SC12C. The van der Waals surface area contributed by atoms with Gasteiger partial charge in [0.2, 0.25) is 0 Å². The van der Waals surface area contributed by atoms with E-state index in [-0.39, 0.29) is 9.49 Å². The maximum atomic E-state index is 4.50. The van der Waals surface area contributed by atoms with Gasteiger partial charge < -0.3 is 0 Å². The first-order chi connectivity index (χ1) is 7.46. The molecular formula is C12H12S4. The molecule has 2 aliphatic heterocycles. The van der Waals surface area contributed by atoms with Crippen LogP contribution in [0, 0.1) is 0 Å². The molecule has 4 heteroatoms. The maximum absolute atomic E-state index is 4.50. The van der Waals surface area contributed by atoms with Gasteiger partial charge in [0.05, 0.1) is 9.49 Å². The van der Waals surface area contributed by atoms with Gasteiger partial charge in [-0.3, -0.25) is 0 Å². The molecule has 0 saturated heterocycles. The van der Waals surface area contributed by atoms with Crippen molar-refractivity contribution in [2.24, 2.45) is 0 Å². The lowest BCUT2D eigenvalue weighted by atomic mass is 9.78. The van der Waals surface area contributed by atoms with Crippen molar-refractivity contribution in [3.63, 3.8) is 0 Å². The molecule has 0 nitrogen and oxygen atoms in total. The molecule has 2 unspecified atom stereocenters. The monoisotopic (exact) mass is 284 g/mol. The summed E-state index contributed by atoms with van der Waals surface area (Å²) in [5, 5.41) is 0. The lowest BCUT2D eigenvalue weighted by Crippen LogP contribution is -2.45. The average Bonchev–Trinajstić information content (AvgIpc) is 2.63. The first-order valence-corrected chi connectivity index (χ1v) is 7.61. The highest BCUT2D eigenvalue weighted by Gasteiger charge is 2.55. The van der Waals surface area contributed by atoms with Crippen molar-refractivity contribution < 1.29 is 0 Å². The normalized spacial score (nSPS) is 40.8. The van der Waals surface area contributed by atoms with Crippen molar-refractivity contribution in [3.8, 4) is 0 Å². The Morgan fingerprint density at radius 2 is 1.25 bits per heavy atom. The second-order valence-corrected chi connectivity index (χ2v) is 8.97. The van der Waals surface area contributed by atoms with Crippen LogP contribution in [0.5, 0.6) is 0 Å². The molecular weight excluding hydrogens is 272 g/mol. The molecule has 0 aromatic carbocycles. The van der Waals surface area contributed by atoms with E-state index in [0.717, 1.165) is 8.47 Å². The maximum Gasteiger partial charge on any atom is 0.0621 e. The van der Waals surface area contributed by atoms with Crippen LogP contribution in [0.4, 0.5) is 0 Å². The van der Waals surface area contributed by atoms with E-state index in [4.69, 9.17) is 0 Å². The van der Waals surface area contributed by atoms with Crippen molar-refractivity contribution in [3.05, 3.63) is 43.9 Å². The van der Waals surface area contributed by atoms with Gasteiger partial charge in [0.1, 0.15) is 0 Å². The van der Waals surface area contributed by atoms with Crippen LogP contribution in [0.2, 0.25) is 0 Å². The Bertz CT molecular complexity index is 451. The Balaban J connectivity index is 2.17. The number of hydrogen-bond donors (Lipinski definition) is 2. The average molecular weight is 284 g/mol. The van der Waals surface area contributed by atoms with Crippen LogP contribution in [-0.4, -0.2) is 9.49 Å². The summed E-state index contributed by atoms with van der Waals surface area (Å²) in [4.78, 5) is 0. The summed E-state index contributed by atoms with van der Waals surface area (Å²) in [7, 11) is 0. The highest BCUT2D eigenvalue weighted by molar-refractivity contribution is 8.19. The predicted octanol–water partition coefficient (Wildman–Crippen LogP) is 4.41. The zero-order valence-electron chi connectivity index (χ0n) is 9.02. The molecule has 0 radical (unpaired) electrons. The molecule has 3 rings (SSSR count). The molecule has 3 aliphatic rings. The van der Waals surface area contributed by atoms with Gasteiger partial charge in [-0.2, -0.15) is 0 Å². The Morgan fingerprint density at radius 3 is 1.62 bits per heavy atom. The van der Waals surface area contributed by atoms with Crippen molar-refractivity contribution in [2.45, 2.75) is 23.3 Å². The molecule has 0 spiro atoms. The number of thioether (sulfide) groups is 2. The van der Waals surface area contributed by atoms with Gasteiger partial charge in [-0.15, -0.1) is 48.8 Å². The minimum Gasteiger partial charge on any atom is -0.137 e. The van der Waals surface area contributed by atoms with E-state index in [1.165, 1.54) is 11.1 Å². The minimum atomic E-state index is 0.0831. The Hall–Kier alpha value is 0.360. The molecule has 0 aromatic rings. The Morgan fingerprint density at radius 1 is 0.875 bits per heavy atom. The van der Waals surface area contributed by atoms with Gasteiger partial charge in [0, 0.05) is 8.47 Å². The minimum absolute atomic E-state index is 0.0831. The quantitative estimate of drug-likeness (QED) is 0.633. The summed E-state index contributed by atoms with van der Waals surface area (Å²) in [6, 6.07) is 0. The van der Waals surface area contributed by atoms with Crippen LogP contribution >= 0.6 is 48.8 Å². The van der Waals surface area contributed by atoms with Crippen molar-refractivity contribution in [1.29, 1.82) is 0 Å². The lowest BCUT2D eigenvalue weighted by molar-refractivity contribution is 0.620. The van der Waals surface area contributed by atoms with Crippen LogP contribution in [0.3, 0.4) is 0 Å². The van der Waals surface area contributed by atoms with Gasteiger partial charge in [-0.05, 0) is 37.1 Å². The fourth-order valence-corrected chi connectivity index (χ4v) is 6.42. The summed E-state index contributed by atoms with van der Waals surface area (Å²) in [5.74, 6) is 0. The van der Waals surface area contributed by atoms with Crippen LogP contribution in [0.1, 0.15) is 13.8 Å². The molecule has 0 amide bonds. The first kappa shape index (κ1) is 11.5. The smallest absolute Gasteiger partial charge is 0.0621 e. The molecule has 0 aromatic heterocycles. The first-order valence-electron chi connectivity index (χ1n) is 5.08. The van der Waals surface area contributed by atoms with E-state index in [0.29, 0.717) is 0 Å².